The maximum absolute atomic E-state index is 12.0. The molecule has 1 heterocycles. The summed E-state index contributed by atoms with van der Waals surface area (Å²) in [4.78, 5) is 16.1. The Bertz CT molecular complexity index is 564. The van der Waals surface area contributed by atoms with Gasteiger partial charge in [-0.15, -0.1) is 0 Å². The second kappa shape index (κ2) is 8.98. The molecule has 116 valence electrons. The Kier molecular flexibility index (Phi) is 6.62. The van der Waals surface area contributed by atoms with Gasteiger partial charge in [0.05, 0.1) is 6.61 Å². The quantitative estimate of drug-likeness (QED) is 0.506. The first-order chi connectivity index (χ1) is 10.8. The molecule has 0 fully saturated rings. The number of unbranched alkanes of at least 4 members (excludes halogenated alkanes) is 2. The summed E-state index contributed by atoms with van der Waals surface area (Å²) in [6, 6.07) is 13.4. The second-order valence-electron chi connectivity index (χ2n) is 5.34. The Morgan fingerprint density at radius 2 is 1.91 bits per heavy atom. The third kappa shape index (κ3) is 5.32. The van der Waals surface area contributed by atoms with Crippen molar-refractivity contribution >= 4 is 5.78 Å². The van der Waals surface area contributed by atoms with Crippen LogP contribution in [0.3, 0.4) is 0 Å². The van der Waals surface area contributed by atoms with Crippen LogP contribution in [0.15, 0.2) is 48.7 Å². The minimum atomic E-state index is 0.0838. The van der Waals surface area contributed by atoms with Crippen LogP contribution in [0.25, 0.3) is 0 Å². The van der Waals surface area contributed by atoms with E-state index in [9.17, 15) is 4.79 Å². The lowest BCUT2D eigenvalue weighted by Crippen LogP contribution is -2.03. The van der Waals surface area contributed by atoms with Gasteiger partial charge in [0, 0.05) is 12.6 Å². The molecule has 1 aromatic carbocycles. The summed E-state index contributed by atoms with van der Waals surface area (Å²) in [7, 11) is 0. The summed E-state index contributed by atoms with van der Waals surface area (Å²) >= 11 is 0. The van der Waals surface area contributed by atoms with Gasteiger partial charge in [-0.1, -0.05) is 38.0 Å². The number of pyridine rings is 1. The van der Waals surface area contributed by atoms with Crippen molar-refractivity contribution in [2.24, 2.45) is 0 Å². The van der Waals surface area contributed by atoms with Gasteiger partial charge in [0.25, 0.3) is 0 Å². The molecule has 0 saturated heterocycles. The number of hydrogen-bond acceptors (Lipinski definition) is 3. The highest BCUT2D eigenvalue weighted by molar-refractivity contribution is 5.94. The molecule has 2 aromatic rings. The van der Waals surface area contributed by atoms with Crippen LogP contribution < -0.4 is 4.74 Å². The molecular formula is C19H23NO2. The van der Waals surface area contributed by atoms with Gasteiger partial charge >= 0.3 is 0 Å². The van der Waals surface area contributed by atoms with Crippen LogP contribution in [0.1, 0.15) is 48.7 Å². The number of aromatic nitrogens is 1. The number of carbonyl (C=O) groups is 1. The van der Waals surface area contributed by atoms with E-state index < -0.39 is 0 Å². The van der Waals surface area contributed by atoms with Crippen molar-refractivity contribution in [2.45, 2.75) is 39.0 Å². The predicted octanol–water partition coefficient (Wildman–Crippen LogP) is 4.47. The molecule has 0 spiro atoms. The average Bonchev–Trinajstić information content (AvgIpc) is 2.58. The lowest BCUT2D eigenvalue weighted by atomic mass is 10.1. The number of hydrogen-bond donors (Lipinski definition) is 0. The average molecular weight is 297 g/mol. The minimum absolute atomic E-state index is 0.0838. The van der Waals surface area contributed by atoms with Gasteiger partial charge < -0.3 is 4.74 Å². The monoisotopic (exact) mass is 297 g/mol. The van der Waals surface area contributed by atoms with E-state index in [1.54, 1.807) is 12.3 Å². The van der Waals surface area contributed by atoms with E-state index in [1.165, 1.54) is 12.8 Å². The Hall–Kier alpha value is -2.16. The van der Waals surface area contributed by atoms with E-state index in [-0.39, 0.29) is 5.78 Å². The molecule has 1 aromatic heterocycles. The zero-order valence-electron chi connectivity index (χ0n) is 13.1. The van der Waals surface area contributed by atoms with E-state index in [0.29, 0.717) is 12.1 Å². The number of rotatable bonds is 9. The van der Waals surface area contributed by atoms with E-state index in [4.69, 9.17) is 4.74 Å². The summed E-state index contributed by atoms with van der Waals surface area (Å²) in [5.41, 5.74) is 1.68. The zero-order valence-corrected chi connectivity index (χ0v) is 13.1. The van der Waals surface area contributed by atoms with Crippen LogP contribution in [-0.2, 0) is 6.42 Å². The van der Waals surface area contributed by atoms with Crippen LogP contribution >= 0.6 is 0 Å². The smallest absolute Gasteiger partial charge is 0.181 e. The fraction of sp³-hybridized carbons (Fsp3) is 0.368. The van der Waals surface area contributed by atoms with E-state index in [1.807, 2.05) is 36.4 Å². The van der Waals surface area contributed by atoms with Crippen molar-refractivity contribution < 1.29 is 9.53 Å². The van der Waals surface area contributed by atoms with Crippen LogP contribution in [-0.4, -0.2) is 17.4 Å². The molecule has 2 rings (SSSR count). The van der Waals surface area contributed by atoms with Gasteiger partial charge in [0.2, 0.25) is 0 Å². The third-order valence-electron chi connectivity index (χ3n) is 3.53. The lowest BCUT2D eigenvalue weighted by Gasteiger charge is -2.07. The van der Waals surface area contributed by atoms with Gasteiger partial charge in [-0.3, -0.25) is 9.78 Å². The molecule has 0 amide bonds. The molecule has 3 heteroatoms. The Morgan fingerprint density at radius 3 is 2.59 bits per heavy atom. The number of nitrogens with zero attached hydrogens (tertiary/aromatic N) is 1. The normalized spacial score (nSPS) is 10.4. The van der Waals surface area contributed by atoms with E-state index in [0.717, 1.165) is 30.8 Å². The predicted molar refractivity (Wildman–Crippen MR) is 88.4 cm³/mol. The van der Waals surface area contributed by atoms with Gasteiger partial charge in [-0.05, 0) is 42.7 Å². The molecule has 0 unspecified atom stereocenters. The van der Waals surface area contributed by atoms with Gasteiger partial charge in [-0.25, -0.2) is 0 Å². The van der Waals surface area contributed by atoms with E-state index in [2.05, 4.69) is 11.9 Å². The van der Waals surface area contributed by atoms with Gasteiger partial charge in [0.1, 0.15) is 11.4 Å². The van der Waals surface area contributed by atoms with Crippen LogP contribution in [0.2, 0.25) is 0 Å². The Labute approximate surface area is 132 Å². The summed E-state index contributed by atoms with van der Waals surface area (Å²) in [5, 5.41) is 0. The molecule has 0 saturated carbocycles. The molecule has 0 bridgehead atoms. The standard InChI is InChI=1S/C19H23NO2/c1-2-3-6-15-22-17-11-8-16(9-12-17)10-13-19(21)18-7-4-5-14-20-18/h4-5,7-9,11-12,14H,2-3,6,10,13,15H2,1H3. The maximum Gasteiger partial charge on any atom is 0.181 e. The van der Waals surface area contributed by atoms with Crippen molar-refractivity contribution in [3.63, 3.8) is 0 Å². The Morgan fingerprint density at radius 1 is 1.09 bits per heavy atom. The molecule has 0 atom stereocenters. The van der Waals surface area contributed by atoms with Crippen LogP contribution in [0.5, 0.6) is 5.75 Å². The molecule has 0 radical (unpaired) electrons. The first-order valence-corrected chi connectivity index (χ1v) is 7.95. The number of ketones is 1. The van der Waals surface area contributed by atoms with Gasteiger partial charge in [0.15, 0.2) is 5.78 Å². The minimum Gasteiger partial charge on any atom is -0.494 e. The number of aryl methyl sites for hydroxylation is 1. The fourth-order valence-corrected chi connectivity index (χ4v) is 2.21. The maximum atomic E-state index is 12.0. The fourth-order valence-electron chi connectivity index (χ4n) is 2.21. The first kappa shape index (κ1) is 16.2. The van der Waals surface area contributed by atoms with E-state index >= 15 is 0 Å². The summed E-state index contributed by atoms with van der Waals surface area (Å²) in [6.07, 6.45) is 6.36. The molecule has 0 aliphatic carbocycles. The molecule has 0 aliphatic heterocycles. The van der Waals surface area contributed by atoms with Gasteiger partial charge in [-0.2, -0.15) is 0 Å². The van der Waals surface area contributed by atoms with Crippen LogP contribution in [0.4, 0.5) is 0 Å². The van der Waals surface area contributed by atoms with Crippen molar-refractivity contribution in [1.82, 2.24) is 4.98 Å². The van der Waals surface area contributed by atoms with Crippen molar-refractivity contribution in [3.8, 4) is 5.75 Å². The van der Waals surface area contributed by atoms with Crippen molar-refractivity contribution in [3.05, 3.63) is 59.9 Å². The first-order valence-electron chi connectivity index (χ1n) is 7.95. The van der Waals surface area contributed by atoms with Crippen molar-refractivity contribution in [1.29, 1.82) is 0 Å². The molecule has 0 aliphatic rings. The SMILES string of the molecule is CCCCCOc1ccc(CCC(=O)c2ccccn2)cc1. The van der Waals surface area contributed by atoms with Crippen LogP contribution in [0, 0.1) is 0 Å². The number of carbonyl (C=O) groups excluding carboxylic acids is 1. The second-order valence-corrected chi connectivity index (χ2v) is 5.34. The third-order valence-corrected chi connectivity index (χ3v) is 3.53. The molecule has 3 nitrogen and oxygen atoms in total. The number of benzene rings is 1. The summed E-state index contributed by atoms with van der Waals surface area (Å²) in [6.45, 7) is 2.95. The molecule has 0 N–H and O–H groups in total. The zero-order chi connectivity index (χ0) is 15.6. The number of Topliss-reactive ketones (excluding diaryl/α,β-unsaturated/α-hetero) is 1. The largest absolute Gasteiger partial charge is 0.494 e. The Balaban J connectivity index is 1.78. The topological polar surface area (TPSA) is 39.2 Å². The molecular weight excluding hydrogens is 274 g/mol. The lowest BCUT2D eigenvalue weighted by molar-refractivity contribution is 0.0978. The highest BCUT2D eigenvalue weighted by atomic mass is 16.5. The molecule has 22 heavy (non-hydrogen) atoms. The summed E-state index contributed by atoms with van der Waals surface area (Å²) < 4.78 is 5.68. The summed E-state index contributed by atoms with van der Waals surface area (Å²) in [5.74, 6) is 0.983. The highest BCUT2D eigenvalue weighted by Crippen LogP contribution is 2.15. The highest BCUT2D eigenvalue weighted by Gasteiger charge is 2.06. The number of ether oxygens (including phenoxy) is 1. The van der Waals surface area contributed by atoms with Crippen molar-refractivity contribution in [2.75, 3.05) is 6.61 Å².